The zero-order valence-electron chi connectivity index (χ0n) is 7.57. The number of benzene rings is 1. The lowest BCUT2D eigenvalue weighted by Crippen LogP contribution is -2.03. The lowest BCUT2D eigenvalue weighted by molar-refractivity contribution is 0.0698. The Hall–Kier alpha value is -1.62. The van der Waals surface area contributed by atoms with Gasteiger partial charge in [-0.2, -0.15) is 0 Å². The molecule has 1 heterocycles. The summed E-state index contributed by atoms with van der Waals surface area (Å²) in [6.07, 6.45) is 1.63. The van der Waals surface area contributed by atoms with Crippen molar-refractivity contribution in [3.8, 4) is 0 Å². The van der Waals surface area contributed by atoms with Gasteiger partial charge in [0.15, 0.2) is 0 Å². The van der Waals surface area contributed by atoms with Crippen molar-refractivity contribution in [1.82, 2.24) is 4.98 Å². The van der Waals surface area contributed by atoms with Crippen LogP contribution in [0.5, 0.6) is 0 Å². The molecule has 0 aliphatic rings. The first-order valence-electron chi connectivity index (χ1n) is 4.17. The van der Waals surface area contributed by atoms with Crippen molar-refractivity contribution in [3.63, 3.8) is 0 Å². The van der Waals surface area contributed by atoms with Crippen LogP contribution in [0.1, 0.15) is 10.4 Å². The Bertz CT molecular complexity index is 554. The zero-order valence-corrected chi connectivity index (χ0v) is 9.15. The molecule has 0 saturated carbocycles. The number of carboxylic acids is 1. The molecule has 76 valence electrons. The summed E-state index contributed by atoms with van der Waals surface area (Å²) in [6.45, 7) is 0. The first-order chi connectivity index (χ1) is 7.11. The van der Waals surface area contributed by atoms with Crippen LogP contribution < -0.4 is 5.73 Å². The molecule has 4 nitrogen and oxygen atoms in total. The van der Waals surface area contributed by atoms with Crippen LogP contribution >= 0.6 is 15.9 Å². The Morgan fingerprint density at radius 1 is 1.53 bits per heavy atom. The van der Waals surface area contributed by atoms with Crippen molar-refractivity contribution >= 4 is 38.5 Å². The Morgan fingerprint density at radius 2 is 2.27 bits per heavy atom. The summed E-state index contributed by atoms with van der Waals surface area (Å²) < 4.78 is 0.629. The van der Waals surface area contributed by atoms with Crippen molar-refractivity contribution < 1.29 is 9.90 Å². The molecule has 2 aromatic rings. The van der Waals surface area contributed by atoms with Gasteiger partial charge in [0.05, 0.1) is 16.8 Å². The van der Waals surface area contributed by atoms with Gasteiger partial charge in [0.2, 0.25) is 0 Å². The van der Waals surface area contributed by atoms with E-state index in [1.165, 1.54) is 6.07 Å². The molecule has 1 aromatic carbocycles. The number of hydrogen-bond donors (Lipinski definition) is 2. The first kappa shape index (κ1) is 9.92. The maximum atomic E-state index is 10.9. The van der Waals surface area contributed by atoms with Gasteiger partial charge in [0, 0.05) is 16.1 Å². The number of fused-ring (bicyclic) bond motifs is 1. The molecule has 0 amide bonds. The minimum absolute atomic E-state index is 0.0855. The number of anilines is 1. The number of rotatable bonds is 1. The summed E-state index contributed by atoms with van der Waals surface area (Å²) in [5, 5.41) is 9.57. The zero-order chi connectivity index (χ0) is 11.0. The number of pyridine rings is 1. The van der Waals surface area contributed by atoms with E-state index in [1.54, 1.807) is 18.3 Å². The summed E-state index contributed by atoms with van der Waals surface area (Å²) in [5.41, 5.74) is 6.74. The van der Waals surface area contributed by atoms with Crippen molar-refractivity contribution in [2.75, 3.05) is 5.73 Å². The fraction of sp³-hybridized carbons (Fsp3) is 0. The molecule has 0 radical (unpaired) electrons. The number of aromatic nitrogens is 1. The van der Waals surface area contributed by atoms with Gasteiger partial charge >= 0.3 is 5.97 Å². The van der Waals surface area contributed by atoms with Gasteiger partial charge in [-0.1, -0.05) is 0 Å². The Balaban J connectivity index is 2.90. The van der Waals surface area contributed by atoms with Crippen molar-refractivity contribution in [3.05, 3.63) is 34.4 Å². The topological polar surface area (TPSA) is 76.2 Å². The third kappa shape index (κ3) is 1.55. The van der Waals surface area contributed by atoms with Crippen molar-refractivity contribution in [1.29, 1.82) is 0 Å². The number of halogens is 1. The number of carbonyl (C=O) groups is 1. The average Bonchev–Trinajstić information content (AvgIpc) is 2.23. The SMILES string of the molecule is Nc1c(C(=O)O)cc(Br)c2ncccc12. The maximum absolute atomic E-state index is 10.9. The van der Waals surface area contributed by atoms with Crippen LogP contribution in [0.25, 0.3) is 10.9 Å². The smallest absolute Gasteiger partial charge is 0.337 e. The third-order valence-electron chi connectivity index (χ3n) is 2.12. The van der Waals surface area contributed by atoms with Gasteiger partial charge in [-0.3, -0.25) is 4.98 Å². The number of nitrogens with zero attached hydrogens (tertiary/aromatic N) is 1. The Morgan fingerprint density at radius 3 is 2.93 bits per heavy atom. The highest BCUT2D eigenvalue weighted by atomic mass is 79.9. The van der Waals surface area contributed by atoms with Crippen molar-refractivity contribution in [2.24, 2.45) is 0 Å². The van der Waals surface area contributed by atoms with E-state index >= 15 is 0 Å². The quantitative estimate of drug-likeness (QED) is 0.777. The normalized spacial score (nSPS) is 10.5. The summed E-state index contributed by atoms with van der Waals surface area (Å²) in [5.74, 6) is -1.04. The van der Waals surface area contributed by atoms with Crippen LogP contribution in [0.15, 0.2) is 28.9 Å². The molecule has 3 N–H and O–H groups in total. The van der Waals surface area contributed by atoms with Gasteiger partial charge < -0.3 is 10.8 Å². The molecule has 5 heteroatoms. The second kappa shape index (κ2) is 3.51. The standard InChI is InChI=1S/C10H7BrN2O2/c11-7-4-6(10(14)15)8(12)5-2-1-3-13-9(5)7/h1-4H,12H2,(H,14,15). The molecule has 2 rings (SSSR count). The van der Waals surface area contributed by atoms with Gasteiger partial charge in [0.25, 0.3) is 0 Å². The van der Waals surface area contributed by atoms with Gasteiger partial charge in [-0.15, -0.1) is 0 Å². The highest BCUT2D eigenvalue weighted by molar-refractivity contribution is 9.10. The fourth-order valence-electron chi connectivity index (χ4n) is 1.41. The number of nitrogens with two attached hydrogens (primary N) is 1. The van der Waals surface area contributed by atoms with Crippen LogP contribution in [-0.2, 0) is 0 Å². The molecule has 0 saturated heterocycles. The van der Waals surface area contributed by atoms with E-state index in [0.717, 1.165) is 0 Å². The lowest BCUT2D eigenvalue weighted by atomic mass is 10.1. The predicted molar refractivity (Wildman–Crippen MR) is 60.8 cm³/mol. The number of carboxylic acid groups (broad SMARTS) is 1. The summed E-state index contributed by atoms with van der Waals surface area (Å²) >= 11 is 3.27. The van der Waals surface area contributed by atoms with Crippen LogP contribution in [0, 0.1) is 0 Å². The molecule has 0 unspecified atom stereocenters. The number of hydrogen-bond acceptors (Lipinski definition) is 3. The van der Waals surface area contributed by atoms with Gasteiger partial charge in [-0.25, -0.2) is 4.79 Å². The van der Waals surface area contributed by atoms with Crippen molar-refractivity contribution in [2.45, 2.75) is 0 Å². The van der Waals surface area contributed by atoms with Crippen LogP contribution in [-0.4, -0.2) is 16.1 Å². The monoisotopic (exact) mass is 266 g/mol. The minimum atomic E-state index is -1.04. The minimum Gasteiger partial charge on any atom is -0.478 e. The summed E-state index contributed by atoms with van der Waals surface area (Å²) in [7, 11) is 0. The van der Waals surface area contributed by atoms with E-state index in [2.05, 4.69) is 20.9 Å². The molecule has 0 aliphatic carbocycles. The Kier molecular flexibility index (Phi) is 2.32. The molecule has 0 fully saturated rings. The second-order valence-corrected chi connectivity index (χ2v) is 3.88. The van der Waals surface area contributed by atoms with Crippen LogP contribution in [0.3, 0.4) is 0 Å². The van der Waals surface area contributed by atoms with E-state index in [4.69, 9.17) is 10.8 Å². The first-order valence-corrected chi connectivity index (χ1v) is 4.96. The lowest BCUT2D eigenvalue weighted by Gasteiger charge is -2.06. The molecule has 0 spiro atoms. The molecular weight excluding hydrogens is 260 g/mol. The van der Waals surface area contributed by atoms with Crippen LogP contribution in [0.4, 0.5) is 5.69 Å². The molecule has 0 aliphatic heterocycles. The van der Waals surface area contributed by atoms with Crippen LogP contribution in [0.2, 0.25) is 0 Å². The second-order valence-electron chi connectivity index (χ2n) is 3.02. The van der Waals surface area contributed by atoms with Gasteiger partial charge in [-0.05, 0) is 34.1 Å². The number of aromatic carboxylic acids is 1. The average molecular weight is 267 g/mol. The number of nitrogen functional groups attached to an aromatic ring is 1. The third-order valence-corrected chi connectivity index (χ3v) is 2.72. The molecule has 1 aromatic heterocycles. The van der Waals surface area contributed by atoms with E-state index in [-0.39, 0.29) is 11.3 Å². The van der Waals surface area contributed by atoms with E-state index in [1.807, 2.05) is 0 Å². The molecule has 15 heavy (non-hydrogen) atoms. The van der Waals surface area contributed by atoms with E-state index < -0.39 is 5.97 Å². The summed E-state index contributed by atoms with van der Waals surface area (Å²) in [6, 6.07) is 4.93. The highest BCUT2D eigenvalue weighted by Crippen LogP contribution is 2.30. The highest BCUT2D eigenvalue weighted by Gasteiger charge is 2.13. The summed E-state index contributed by atoms with van der Waals surface area (Å²) in [4.78, 5) is 15.0. The Labute approximate surface area is 93.9 Å². The molecule has 0 bridgehead atoms. The van der Waals surface area contributed by atoms with Gasteiger partial charge in [0.1, 0.15) is 0 Å². The van der Waals surface area contributed by atoms with E-state index in [0.29, 0.717) is 15.4 Å². The van der Waals surface area contributed by atoms with E-state index in [9.17, 15) is 4.79 Å². The maximum Gasteiger partial charge on any atom is 0.337 e. The molecular formula is C10H7BrN2O2. The predicted octanol–water partition coefficient (Wildman–Crippen LogP) is 2.28. The molecule has 0 atom stereocenters. The fourth-order valence-corrected chi connectivity index (χ4v) is 1.95. The largest absolute Gasteiger partial charge is 0.478 e.